The number of amides is 3. The van der Waals surface area contributed by atoms with E-state index in [1.54, 1.807) is 0 Å². The number of carbonyl (C=O) groups excluding carboxylic acids is 5. The molecule has 32 heavy (non-hydrogen) atoms. The average molecular weight is 490 g/mol. The molecule has 0 spiro atoms. The number of aromatic nitrogens is 1. The molecule has 1 aromatic rings. The number of methoxy groups -OCH3 is 2. The predicted molar refractivity (Wildman–Crippen MR) is 111 cm³/mol. The molecule has 3 amide bonds. The number of carbonyl (C=O) groups is 5. The zero-order valence-corrected chi connectivity index (χ0v) is 19.0. The van der Waals surface area contributed by atoms with E-state index in [4.69, 9.17) is 16.4 Å². The van der Waals surface area contributed by atoms with Crippen molar-refractivity contribution in [3.8, 4) is 0 Å². The zero-order chi connectivity index (χ0) is 24.1. The van der Waals surface area contributed by atoms with Gasteiger partial charge in [-0.1, -0.05) is 5.16 Å². The Kier molecular flexibility index (Phi) is 8.10. The van der Waals surface area contributed by atoms with Gasteiger partial charge in [-0.2, -0.15) is 0 Å². The molecule has 1 aromatic heterocycles. The quantitative estimate of drug-likeness (QED) is 0.131. The van der Waals surface area contributed by atoms with Crippen LogP contribution in [-0.4, -0.2) is 78.1 Å². The van der Waals surface area contributed by atoms with Crippen molar-refractivity contribution in [2.45, 2.75) is 31.5 Å². The summed E-state index contributed by atoms with van der Waals surface area (Å²) in [5.74, 6) is -3.89. The highest BCUT2D eigenvalue weighted by molar-refractivity contribution is 7.14. The summed E-state index contributed by atoms with van der Waals surface area (Å²) < 4.78 is 9.19. The van der Waals surface area contributed by atoms with Crippen LogP contribution in [0.15, 0.2) is 10.5 Å². The van der Waals surface area contributed by atoms with E-state index in [0.717, 1.165) is 25.6 Å². The molecule has 2 heterocycles. The maximum absolute atomic E-state index is 12.9. The van der Waals surface area contributed by atoms with Gasteiger partial charge in [0.05, 0.1) is 14.2 Å². The number of hydrogen-bond acceptors (Lipinski definition) is 11. The van der Waals surface area contributed by atoms with Crippen LogP contribution in [0.3, 0.4) is 0 Å². The highest BCUT2D eigenvalue weighted by Crippen LogP contribution is 2.19. The van der Waals surface area contributed by atoms with E-state index >= 15 is 0 Å². The normalized spacial score (nSPS) is 18.0. The largest absolute Gasteiger partial charge is 0.467 e. The number of oxime groups is 1. The molecular formula is C17H20ClN5O8S. The van der Waals surface area contributed by atoms with E-state index in [2.05, 4.69) is 35.6 Å². The molecule has 1 aliphatic heterocycles. The van der Waals surface area contributed by atoms with E-state index in [0.29, 0.717) is 0 Å². The Bertz CT molecular complexity index is 962. The number of hydrogen-bond donors (Lipinski definition) is 3. The zero-order valence-electron chi connectivity index (χ0n) is 17.4. The second-order valence-corrected chi connectivity index (χ2v) is 7.84. The summed E-state index contributed by atoms with van der Waals surface area (Å²) >= 11 is 6.42. The third-order valence-electron chi connectivity index (χ3n) is 4.03. The van der Waals surface area contributed by atoms with E-state index < -0.39 is 53.1 Å². The smallest absolute Gasteiger partial charge is 0.352 e. The van der Waals surface area contributed by atoms with Gasteiger partial charge in [-0.15, -0.1) is 22.9 Å². The minimum Gasteiger partial charge on any atom is -0.467 e. The first-order valence-corrected chi connectivity index (χ1v) is 10.3. The lowest BCUT2D eigenvalue weighted by Crippen LogP contribution is -2.72. The van der Waals surface area contributed by atoms with Crippen molar-refractivity contribution in [3.05, 3.63) is 11.1 Å². The summed E-state index contributed by atoms with van der Waals surface area (Å²) in [6.07, 6.45) is 0. The van der Waals surface area contributed by atoms with Crippen molar-refractivity contribution in [2.24, 2.45) is 5.16 Å². The fourth-order valence-electron chi connectivity index (χ4n) is 2.30. The standard InChI is InChI=1S/C17H20ClN5O8S/c1-17(2,15(28)30-4)31-23-9(7-6-32-16(19-7)20-8(24)5-18)12(25)21-10-11(14(27)29-3)22-13(10)26/h6,10-11H,5H2,1-4H3,(H,21,25)(H,22,26)(H,19,20,24)/t10-,11-/m1/s1. The van der Waals surface area contributed by atoms with Gasteiger partial charge in [0.15, 0.2) is 16.9 Å². The van der Waals surface area contributed by atoms with Crippen molar-refractivity contribution >= 4 is 63.4 Å². The third kappa shape index (κ3) is 5.70. The summed E-state index contributed by atoms with van der Waals surface area (Å²) in [7, 11) is 2.28. The second kappa shape index (κ2) is 10.4. The first-order chi connectivity index (χ1) is 15.0. The van der Waals surface area contributed by atoms with Crippen molar-refractivity contribution in [1.29, 1.82) is 0 Å². The monoisotopic (exact) mass is 489 g/mol. The maximum atomic E-state index is 12.9. The average Bonchev–Trinajstić information content (AvgIpc) is 3.22. The number of halogens is 1. The highest BCUT2D eigenvalue weighted by atomic mass is 35.5. The van der Waals surface area contributed by atoms with Crippen LogP contribution in [0.4, 0.5) is 5.13 Å². The number of nitrogens with zero attached hydrogens (tertiary/aromatic N) is 2. The minimum atomic E-state index is -1.56. The second-order valence-electron chi connectivity index (χ2n) is 6.71. The molecule has 1 saturated heterocycles. The van der Waals surface area contributed by atoms with Crippen LogP contribution >= 0.6 is 22.9 Å². The number of rotatable bonds is 9. The molecule has 0 aliphatic carbocycles. The van der Waals surface area contributed by atoms with Crippen molar-refractivity contribution in [3.63, 3.8) is 0 Å². The van der Waals surface area contributed by atoms with Gasteiger partial charge >= 0.3 is 11.9 Å². The molecule has 1 fully saturated rings. The molecule has 0 aromatic carbocycles. The summed E-state index contributed by atoms with van der Waals surface area (Å²) in [6, 6.07) is -2.30. The van der Waals surface area contributed by atoms with Crippen LogP contribution in [0.5, 0.6) is 0 Å². The minimum absolute atomic E-state index is 0.0348. The number of esters is 2. The number of β-lactam (4-membered cyclic amide) rings is 1. The fourth-order valence-corrected chi connectivity index (χ4v) is 3.08. The lowest BCUT2D eigenvalue weighted by molar-refractivity contribution is -0.165. The molecule has 0 saturated carbocycles. The molecular weight excluding hydrogens is 470 g/mol. The number of ether oxygens (including phenoxy) is 2. The Labute approximate surface area is 190 Å². The fraction of sp³-hybridized carbons (Fsp3) is 0.471. The van der Waals surface area contributed by atoms with Crippen molar-refractivity contribution < 1.29 is 38.3 Å². The van der Waals surface area contributed by atoms with Gasteiger partial charge in [-0.3, -0.25) is 14.4 Å². The maximum Gasteiger partial charge on any atom is 0.352 e. The first kappa shape index (κ1) is 25.0. The predicted octanol–water partition coefficient (Wildman–Crippen LogP) is -0.851. The molecule has 1 aliphatic rings. The van der Waals surface area contributed by atoms with Gasteiger partial charge in [0, 0.05) is 5.38 Å². The SMILES string of the molecule is COC(=O)[C@@H]1NC(=O)[C@@H]1NC(=O)C(=NOC(C)(C)C(=O)OC)c1csc(NC(=O)CCl)n1. The third-order valence-corrected chi connectivity index (χ3v) is 5.03. The lowest BCUT2D eigenvalue weighted by Gasteiger charge is -2.34. The Morgan fingerprint density at radius 2 is 1.97 bits per heavy atom. The summed E-state index contributed by atoms with van der Waals surface area (Å²) in [4.78, 5) is 69.0. The first-order valence-electron chi connectivity index (χ1n) is 8.89. The van der Waals surface area contributed by atoms with Gasteiger partial charge < -0.3 is 30.3 Å². The molecule has 0 radical (unpaired) electrons. The summed E-state index contributed by atoms with van der Waals surface area (Å²) in [5.41, 5.74) is -2.02. The molecule has 0 unspecified atom stereocenters. The number of alkyl halides is 1. The van der Waals surface area contributed by atoms with Crippen LogP contribution in [0.1, 0.15) is 19.5 Å². The van der Waals surface area contributed by atoms with Gasteiger partial charge in [0.2, 0.25) is 17.4 Å². The number of nitrogens with one attached hydrogen (secondary N) is 3. The van der Waals surface area contributed by atoms with Crippen LogP contribution < -0.4 is 16.0 Å². The van der Waals surface area contributed by atoms with Crippen molar-refractivity contribution in [1.82, 2.24) is 15.6 Å². The molecule has 2 rings (SSSR count). The Hall–Kier alpha value is -3.26. The van der Waals surface area contributed by atoms with E-state index in [-0.39, 0.29) is 16.7 Å². The van der Waals surface area contributed by atoms with Gasteiger partial charge in [-0.05, 0) is 13.8 Å². The lowest BCUT2D eigenvalue weighted by atomic mass is 9.99. The molecule has 2 atom stereocenters. The Morgan fingerprint density at radius 3 is 2.53 bits per heavy atom. The molecule has 13 nitrogen and oxygen atoms in total. The van der Waals surface area contributed by atoms with Gasteiger partial charge in [0.25, 0.3) is 5.91 Å². The van der Waals surface area contributed by atoms with Crippen LogP contribution in [0.25, 0.3) is 0 Å². The van der Waals surface area contributed by atoms with E-state index in [1.807, 2.05) is 0 Å². The molecule has 15 heteroatoms. The highest BCUT2D eigenvalue weighted by Gasteiger charge is 2.46. The summed E-state index contributed by atoms with van der Waals surface area (Å²) in [5, 5.41) is 12.3. The number of thiazole rings is 1. The van der Waals surface area contributed by atoms with Crippen LogP contribution in [0.2, 0.25) is 0 Å². The van der Waals surface area contributed by atoms with Crippen LogP contribution in [0, 0.1) is 0 Å². The van der Waals surface area contributed by atoms with Gasteiger partial charge in [0.1, 0.15) is 17.6 Å². The Morgan fingerprint density at radius 1 is 1.28 bits per heavy atom. The number of anilines is 1. The molecule has 0 bridgehead atoms. The van der Waals surface area contributed by atoms with E-state index in [9.17, 15) is 24.0 Å². The summed E-state index contributed by atoms with van der Waals surface area (Å²) in [6.45, 7) is 2.72. The topological polar surface area (TPSA) is 174 Å². The molecule has 3 N–H and O–H groups in total. The van der Waals surface area contributed by atoms with E-state index in [1.165, 1.54) is 19.2 Å². The van der Waals surface area contributed by atoms with Crippen molar-refractivity contribution in [2.75, 3.05) is 25.4 Å². The Balaban J connectivity index is 2.31. The van der Waals surface area contributed by atoms with Crippen LogP contribution in [-0.2, 0) is 38.3 Å². The van der Waals surface area contributed by atoms with Gasteiger partial charge in [-0.25, -0.2) is 14.6 Å². The molecule has 174 valence electrons.